The molecule has 3 N–H and O–H groups in total. The molecule has 0 bridgehead atoms. The lowest BCUT2D eigenvalue weighted by molar-refractivity contribution is 0.0948. The Balaban J connectivity index is 1.83. The molecule has 0 spiro atoms. The summed E-state index contributed by atoms with van der Waals surface area (Å²) < 4.78 is 0. The van der Waals surface area contributed by atoms with Crippen molar-refractivity contribution in [1.82, 2.24) is 20.6 Å². The van der Waals surface area contributed by atoms with Crippen LogP contribution >= 0.6 is 0 Å². The largest absolute Gasteiger partial charge is 0.353 e. The maximum Gasteiger partial charge on any atom is 0.269 e. The van der Waals surface area contributed by atoms with Gasteiger partial charge in [0, 0.05) is 28.4 Å². The highest BCUT2D eigenvalue weighted by atomic mass is 16.1. The molecule has 5 nitrogen and oxygen atoms in total. The second kappa shape index (κ2) is 7.60. The van der Waals surface area contributed by atoms with E-state index < -0.39 is 0 Å². The molecule has 2 aromatic carbocycles. The van der Waals surface area contributed by atoms with Gasteiger partial charge >= 0.3 is 0 Å². The Morgan fingerprint density at radius 3 is 2.59 bits per heavy atom. The van der Waals surface area contributed by atoms with Gasteiger partial charge in [0.25, 0.3) is 5.91 Å². The van der Waals surface area contributed by atoms with Crippen LogP contribution in [0.4, 0.5) is 0 Å². The molecule has 2 aromatic heterocycles. The number of aromatic amines is 1. The van der Waals surface area contributed by atoms with E-state index in [4.69, 9.17) is 4.98 Å². The molecule has 5 heteroatoms. The molecule has 27 heavy (non-hydrogen) atoms. The molecule has 0 aliphatic carbocycles. The summed E-state index contributed by atoms with van der Waals surface area (Å²) in [6.07, 6.45) is 0.878. The summed E-state index contributed by atoms with van der Waals surface area (Å²) in [5, 5.41) is 8.15. The Bertz CT molecular complexity index is 1090. The van der Waals surface area contributed by atoms with E-state index in [1.54, 1.807) is 0 Å². The van der Waals surface area contributed by atoms with E-state index in [0.29, 0.717) is 12.2 Å². The van der Waals surface area contributed by atoms with E-state index in [9.17, 15) is 4.79 Å². The van der Waals surface area contributed by atoms with E-state index in [0.717, 1.165) is 46.0 Å². The average molecular weight is 358 g/mol. The minimum Gasteiger partial charge on any atom is -0.353 e. The van der Waals surface area contributed by atoms with Crippen LogP contribution in [0.5, 0.6) is 0 Å². The molecule has 1 amide bonds. The molecular weight excluding hydrogens is 336 g/mol. The Hall–Kier alpha value is -3.18. The molecule has 136 valence electrons. The zero-order chi connectivity index (χ0) is 18.6. The van der Waals surface area contributed by atoms with Crippen molar-refractivity contribution in [1.29, 1.82) is 0 Å². The highest BCUT2D eigenvalue weighted by Crippen LogP contribution is 2.32. The fourth-order valence-electron chi connectivity index (χ4n) is 3.32. The minimum absolute atomic E-state index is 0.143. The van der Waals surface area contributed by atoms with E-state index in [1.165, 1.54) is 0 Å². The average Bonchev–Trinajstić information content (AvgIpc) is 3.09. The molecule has 0 aliphatic heterocycles. The third-order valence-corrected chi connectivity index (χ3v) is 4.67. The number of nitrogens with zero attached hydrogens (tertiary/aromatic N) is 1. The van der Waals surface area contributed by atoms with E-state index in [2.05, 4.69) is 21.7 Å². The topological polar surface area (TPSA) is 69.8 Å². The Morgan fingerprint density at radius 2 is 1.78 bits per heavy atom. The molecule has 0 radical (unpaired) electrons. The van der Waals surface area contributed by atoms with E-state index in [-0.39, 0.29) is 5.91 Å². The number of H-pyrrole nitrogens is 1. The number of aromatic nitrogens is 2. The molecule has 0 atom stereocenters. The second-order valence-corrected chi connectivity index (χ2v) is 6.53. The second-order valence-electron chi connectivity index (χ2n) is 6.53. The number of carbonyl (C=O) groups is 1. The first-order valence-electron chi connectivity index (χ1n) is 9.17. The standard InChI is InChI=1S/C22H22N4O/c1-23-12-7-13-24-22(27)19-14-17-16-10-5-6-11-18(16)25-21(17)20(26-19)15-8-3-2-4-9-15/h2-6,8-11,14,23,25H,7,12-13H2,1H3,(H,24,27). The first kappa shape index (κ1) is 17.2. The zero-order valence-electron chi connectivity index (χ0n) is 15.3. The monoisotopic (exact) mass is 358 g/mol. The zero-order valence-corrected chi connectivity index (χ0v) is 15.3. The fraction of sp³-hybridized carbons (Fsp3) is 0.182. The predicted octanol–water partition coefficient (Wildman–Crippen LogP) is 3.72. The number of carbonyl (C=O) groups excluding carboxylic acids is 1. The number of nitrogens with one attached hydrogen (secondary N) is 3. The number of pyridine rings is 1. The molecule has 2 heterocycles. The Labute approximate surface area is 157 Å². The lowest BCUT2D eigenvalue weighted by Gasteiger charge is -2.08. The van der Waals surface area contributed by atoms with E-state index in [1.807, 2.05) is 61.6 Å². The molecule has 4 rings (SSSR count). The van der Waals surface area contributed by atoms with Gasteiger partial charge in [0.15, 0.2) is 0 Å². The summed E-state index contributed by atoms with van der Waals surface area (Å²) in [6, 6.07) is 20.0. The number of amides is 1. The van der Waals surface area contributed by atoms with Gasteiger partial charge in [-0.15, -0.1) is 0 Å². The first-order chi connectivity index (χ1) is 13.3. The minimum atomic E-state index is -0.143. The van der Waals surface area contributed by atoms with Crippen LogP contribution in [0.2, 0.25) is 0 Å². The third kappa shape index (κ3) is 3.41. The molecule has 0 saturated carbocycles. The third-order valence-electron chi connectivity index (χ3n) is 4.67. The summed E-state index contributed by atoms with van der Waals surface area (Å²) in [5.74, 6) is -0.143. The van der Waals surface area contributed by atoms with Gasteiger partial charge in [-0.1, -0.05) is 48.5 Å². The Kier molecular flexibility index (Phi) is 4.85. The van der Waals surface area contributed by atoms with Crippen LogP contribution < -0.4 is 10.6 Å². The highest BCUT2D eigenvalue weighted by molar-refractivity contribution is 6.13. The molecule has 0 fully saturated rings. The predicted molar refractivity (Wildman–Crippen MR) is 110 cm³/mol. The fourth-order valence-corrected chi connectivity index (χ4v) is 3.32. The summed E-state index contributed by atoms with van der Waals surface area (Å²) in [7, 11) is 1.90. The summed E-state index contributed by atoms with van der Waals surface area (Å²) in [5.41, 5.74) is 4.21. The number of hydrogen-bond donors (Lipinski definition) is 3. The van der Waals surface area contributed by atoms with Crippen LogP contribution in [0.15, 0.2) is 60.7 Å². The van der Waals surface area contributed by atoms with Gasteiger partial charge in [-0.05, 0) is 32.1 Å². The van der Waals surface area contributed by atoms with Gasteiger partial charge in [0.05, 0.1) is 11.2 Å². The molecule has 0 aliphatic rings. The van der Waals surface area contributed by atoms with Gasteiger partial charge in [0.1, 0.15) is 5.69 Å². The van der Waals surface area contributed by atoms with E-state index >= 15 is 0 Å². The van der Waals surface area contributed by atoms with Crippen LogP contribution in [-0.2, 0) is 0 Å². The van der Waals surface area contributed by atoms with Crippen molar-refractivity contribution in [3.63, 3.8) is 0 Å². The van der Waals surface area contributed by atoms with Crippen LogP contribution in [0, 0.1) is 0 Å². The van der Waals surface area contributed by atoms with Crippen LogP contribution in [0.1, 0.15) is 16.9 Å². The highest BCUT2D eigenvalue weighted by Gasteiger charge is 2.16. The maximum absolute atomic E-state index is 12.7. The lowest BCUT2D eigenvalue weighted by atomic mass is 10.1. The number of rotatable bonds is 6. The SMILES string of the molecule is CNCCCNC(=O)c1cc2c([nH]c3ccccc32)c(-c2ccccc2)n1. The van der Waals surface area contributed by atoms with Crippen molar-refractivity contribution in [3.8, 4) is 11.3 Å². The van der Waals surface area contributed by atoms with Gasteiger partial charge in [-0.3, -0.25) is 4.79 Å². The van der Waals surface area contributed by atoms with Crippen molar-refractivity contribution in [2.75, 3.05) is 20.1 Å². The van der Waals surface area contributed by atoms with Gasteiger partial charge in [-0.2, -0.15) is 0 Å². The summed E-state index contributed by atoms with van der Waals surface area (Å²) in [4.78, 5) is 20.9. The van der Waals surface area contributed by atoms with Crippen molar-refractivity contribution < 1.29 is 4.79 Å². The number of fused-ring (bicyclic) bond motifs is 3. The van der Waals surface area contributed by atoms with Crippen LogP contribution in [-0.4, -0.2) is 36.0 Å². The summed E-state index contributed by atoms with van der Waals surface area (Å²) >= 11 is 0. The normalized spacial score (nSPS) is 11.1. The first-order valence-corrected chi connectivity index (χ1v) is 9.17. The van der Waals surface area contributed by atoms with Gasteiger partial charge in [0.2, 0.25) is 0 Å². The number of para-hydroxylation sites is 1. The lowest BCUT2D eigenvalue weighted by Crippen LogP contribution is -2.27. The Morgan fingerprint density at radius 1 is 1.00 bits per heavy atom. The molecular formula is C22H22N4O. The maximum atomic E-state index is 12.7. The van der Waals surface area contributed by atoms with Crippen molar-refractivity contribution in [2.24, 2.45) is 0 Å². The summed E-state index contributed by atoms with van der Waals surface area (Å²) in [6.45, 7) is 1.48. The quantitative estimate of drug-likeness (QED) is 0.460. The molecule has 4 aromatic rings. The van der Waals surface area contributed by atoms with Crippen LogP contribution in [0.3, 0.4) is 0 Å². The van der Waals surface area contributed by atoms with Crippen molar-refractivity contribution in [2.45, 2.75) is 6.42 Å². The molecule has 0 saturated heterocycles. The van der Waals surface area contributed by atoms with Gasteiger partial charge in [-0.25, -0.2) is 4.98 Å². The number of hydrogen-bond acceptors (Lipinski definition) is 3. The molecule has 0 unspecified atom stereocenters. The number of benzene rings is 2. The van der Waals surface area contributed by atoms with Crippen LogP contribution in [0.25, 0.3) is 33.1 Å². The smallest absolute Gasteiger partial charge is 0.269 e. The van der Waals surface area contributed by atoms with Crippen molar-refractivity contribution >= 4 is 27.7 Å². The van der Waals surface area contributed by atoms with Crippen molar-refractivity contribution in [3.05, 3.63) is 66.4 Å². The van der Waals surface area contributed by atoms with Gasteiger partial charge < -0.3 is 15.6 Å².